The van der Waals surface area contributed by atoms with Crippen LogP contribution >= 0.6 is 12.2 Å². The van der Waals surface area contributed by atoms with Crippen LogP contribution in [0.3, 0.4) is 0 Å². The van der Waals surface area contributed by atoms with Gasteiger partial charge < -0.3 is 10.7 Å². The van der Waals surface area contributed by atoms with Crippen LogP contribution in [0, 0.1) is 5.41 Å². The summed E-state index contributed by atoms with van der Waals surface area (Å²) >= 11 is 4.78. The van der Waals surface area contributed by atoms with E-state index in [2.05, 4.69) is 31.5 Å². The van der Waals surface area contributed by atoms with Crippen molar-refractivity contribution < 1.29 is 0 Å². The van der Waals surface area contributed by atoms with Gasteiger partial charge in [-0.3, -0.25) is 0 Å². The van der Waals surface area contributed by atoms with Crippen molar-refractivity contribution in [1.29, 1.82) is 0 Å². The second kappa shape index (κ2) is 3.73. The Hall–Kier alpha value is -0.350. The second-order valence-corrected chi connectivity index (χ2v) is 3.80. The third-order valence-corrected chi connectivity index (χ3v) is 1.17. The number of hydrogen-bond donors (Lipinski definition) is 3. The Bertz CT molecular complexity index is 117. The smallest absolute Gasteiger partial charge is 0.180 e. The summed E-state index contributed by atoms with van der Waals surface area (Å²) in [5.41, 5.74) is 2.59. The van der Waals surface area contributed by atoms with Crippen molar-refractivity contribution in [3.63, 3.8) is 0 Å². The molecule has 0 spiro atoms. The molecule has 0 saturated carbocycles. The lowest BCUT2D eigenvalue weighted by Crippen LogP contribution is -2.42. The van der Waals surface area contributed by atoms with Gasteiger partial charge in [0, 0.05) is 6.54 Å². The van der Waals surface area contributed by atoms with Crippen molar-refractivity contribution in [2.24, 2.45) is 11.3 Å². The molecule has 0 aliphatic carbocycles. The van der Waals surface area contributed by atoms with E-state index < -0.39 is 0 Å². The van der Waals surface area contributed by atoms with E-state index in [0.29, 0.717) is 5.11 Å². The number of nitrogens with two attached hydrogens (primary N) is 1. The standard InChI is InChI=1S/C6H15N3S/c1-6(2,3)4-8-5(10)9-7/h4,7H2,1-3H3,(H2,8,9,10). The molecule has 0 heterocycles. The summed E-state index contributed by atoms with van der Waals surface area (Å²) in [4.78, 5) is 0. The first-order valence-corrected chi connectivity index (χ1v) is 3.61. The summed E-state index contributed by atoms with van der Waals surface area (Å²) in [6, 6.07) is 0. The van der Waals surface area contributed by atoms with Gasteiger partial charge in [0.25, 0.3) is 0 Å². The third-order valence-electron chi connectivity index (χ3n) is 0.910. The molecule has 0 amide bonds. The Labute approximate surface area is 67.3 Å². The molecule has 0 radical (unpaired) electrons. The molecule has 0 aromatic heterocycles. The summed E-state index contributed by atoms with van der Waals surface area (Å²) in [5.74, 6) is 5.05. The van der Waals surface area contributed by atoms with Crippen molar-refractivity contribution >= 4 is 17.3 Å². The van der Waals surface area contributed by atoms with Gasteiger partial charge >= 0.3 is 0 Å². The van der Waals surface area contributed by atoms with Crippen molar-refractivity contribution in [1.82, 2.24) is 10.7 Å². The second-order valence-electron chi connectivity index (χ2n) is 3.39. The predicted molar refractivity (Wildman–Crippen MR) is 47.4 cm³/mol. The largest absolute Gasteiger partial charge is 0.361 e. The van der Waals surface area contributed by atoms with E-state index in [9.17, 15) is 0 Å². The Morgan fingerprint density at radius 2 is 2.00 bits per heavy atom. The normalized spacial score (nSPS) is 10.8. The van der Waals surface area contributed by atoms with E-state index in [1.807, 2.05) is 0 Å². The van der Waals surface area contributed by atoms with E-state index in [1.165, 1.54) is 0 Å². The van der Waals surface area contributed by atoms with Gasteiger partial charge in [0.05, 0.1) is 0 Å². The summed E-state index contributed by atoms with van der Waals surface area (Å²) in [6.07, 6.45) is 0. The summed E-state index contributed by atoms with van der Waals surface area (Å²) in [6.45, 7) is 7.20. The fraction of sp³-hybridized carbons (Fsp3) is 0.833. The molecule has 3 nitrogen and oxygen atoms in total. The summed E-state index contributed by atoms with van der Waals surface area (Å²) in [5, 5.41) is 3.46. The molecular formula is C6H15N3S. The number of hydrogen-bond acceptors (Lipinski definition) is 2. The molecule has 0 saturated heterocycles. The van der Waals surface area contributed by atoms with Crippen LogP contribution in [-0.4, -0.2) is 11.7 Å². The van der Waals surface area contributed by atoms with Gasteiger partial charge in [0.1, 0.15) is 0 Å². The zero-order valence-corrected chi connectivity index (χ0v) is 7.51. The highest BCUT2D eigenvalue weighted by Gasteiger charge is 2.09. The van der Waals surface area contributed by atoms with Gasteiger partial charge in [-0.25, -0.2) is 5.84 Å². The average molecular weight is 161 g/mol. The van der Waals surface area contributed by atoms with Crippen LogP contribution in [0.15, 0.2) is 0 Å². The molecule has 0 fully saturated rings. The molecular weight excluding hydrogens is 146 g/mol. The van der Waals surface area contributed by atoms with Gasteiger partial charge in [-0.1, -0.05) is 20.8 Å². The number of thiocarbonyl (C=S) groups is 1. The first-order valence-electron chi connectivity index (χ1n) is 3.20. The lowest BCUT2D eigenvalue weighted by atomic mass is 9.97. The SMILES string of the molecule is CC(C)(C)CNC(=S)NN. The molecule has 0 aromatic carbocycles. The van der Waals surface area contributed by atoms with Crippen LogP contribution < -0.4 is 16.6 Å². The average Bonchev–Trinajstić information content (AvgIpc) is 1.81. The first kappa shape index (κ1) is 9.65. The minimum absolute atomic E-state index is 0.237. The maximum absolute atomic E-state index is 5.05. The summed E-state index contributed by atoms with van der Waals surface area (Å²) < 4.78 is 0. The van der Waals surface area contributed by atoms with E-state index in [-0.39, 0.29) is 5.41 Å². The topological polar surface area (TPSA) is 50.1 Å². The monoisotopic (exact) mass is 161 g/mol. The maximum atomic E-state index is 5.05. The minimum Gasteiger partial charge on any atom is -0.361 e. The van der Waals surface area contributed by atoms with Gasteiger partial charge in [-0.15, -0.1) is 0 Å². The predicted octanol–water partition coefficient (Wildman–Crippen LogP) is 0.370. The lowest BCUT2D eigenvalue weighted by Gasteiger charge is -2.19. The lowest BCUT2D eigenvalue weighted by molar-refractivity contribution is 0.408. The molecule has 0 aliphatic rings. The van der Waals surface area contributed by atoms with Crippen molar-refractivity contribution in [2.45, 2.75) is 20.8 Å². The molecule has 4 N–H and O–H groups in total. The maximum Gasteiger partial charge on any atom is 0.180 e. The van der Waals surface area contributed by atoms with Crippen molar-refractivity contribution in [2.75, 3.05) is 6.54 Å². The zero-order valence-electron chi connectivity index (χ0n) is 6.69. The fourth-order valence-electron chi connectivity index (χ4n) is 0.396. The van der Waals surface area contributed by atoms with E-state index in [1.54, 1.807) is 0 Å². The Kier molecular flexibility index (Phi) is 3.60. The zero-order chi connectivity index (χ0) is 8.20. The minimum atomic E-state index is 0.237. The van der Waals surface area contributed by atoms with Crippen LogP contribution in [0.4, 0.5) is 0 Å². The van der Waals surface area contributed by atoms with Crippen LogP contribution in [-0.2, 0) is 0 Å². The highest BCUT2D eigenvalue weighted by molar-refractivity contribution is 7.80. The molecule has 60 valence electrons. The Balaban J connectivity index is 3.46. The fourth-order valence-corrected chi connectivity index (χ4v) is 0.469. The van der Waals surface area contributed by atoms with Crippen LogP contribution in [0.2, 0.25) is 0 Å². The molecule has 0 aromatic rings. The van der Waals surface area contributed by atoms with Crippen molar-refractivity contribution in [3.8, 4) is 0 Å². The third kappa shape index (κ3) is 5.78. The van der Waals surface area contributed by atoms with Gasteiger partial charge in [0.15, 0.2) is 5.11 Å². The summed E-state index contributed by atoms with van der Waals surface area (Å²) in [7, 11) is 0. The highest BCUT2D eigenvalue weighted by Crippen LogP contribution is 2.09. The molecule has 0 bridgehead atoms. The van der Waals surface area contributed by atoms with Crippen LogP contribution in [0.5, 0.6) is 0 Å². The molecule has 0 aliphatic heterocycles. The highest BCUT2D eigenvalue weighted by atomic mass is 32.1. The van der Waals surface area contributed by atoms with Crippen molar-refractivity contribution in [3.05, 3.63) is 0 Å². The Morgan fingerprint density at radius 3 is 2.30 bits per heavy atom. The van der Waals surface area contributed by atoms with Gasteiger partial charge in [-0.05, 0) is 17.6 Å². The van der Waals surface area contributed by atoms with E-state index in [4.69, 9.17) is 18.1 Å². The number of nitrogens with one attached hydrogen (secondary N) is 2. The quantitative estimate of drug-likeness (QED) is 0.295. The van der Waals surface area contributed by atoms with Gasteiger partial charge in [-0.2, -0.15) is 0 Å². The molecule has 10 heavy (non-hydrogen) atoms. The first-order chi connectivity index (χ1) is 4.45. The molecule has 0 unspecified atom stereocenters. The van der Waals surface area contributed by atoms with E-state index >= 15 is 0 Å². The van der Waals surface area contributed by atoms with Crippen LogP contribution in [0.25, 0.3) is 0 Å². The van der Waals surface area contributed by atoms with E-state index in [0.717, 1.165) is 6.54 Å². The molecule has 0 atom stereocenters. The Morgan fingerprint density at radius 1 is 1.50 bits per heavy atom. The molecule has 4 heteroatoms. The number of rotatable bonds is 1. The van der Waals surface area contributed by atoms with Gasteiger partial charge in [0.2, 0.25) is 0 Å². The van der Waals surface area contributed by atoms with Crippen LogP contribution in [0.1, 0.15) is 20.8 Å². The number of hydrazine groups is 1. The molecule has 0 rings (SSSR count).